The second kappa shape index (κ2) is 21.0. The largest absolute Gasteiger partial charge is 0.461 e. The molecule has 26 heteroatoms. The lowest BCUT2D eigenvalue weighted by atomic mass is 9.97. The number of hydrogen-bond acceptors (Lipinski definition) is 19. The van der Waals surface area contributed by atoms with Crippen molar-refractivity contribution in [1.82, 2.24) is 39.1 Å². The minimum Gasteiger partial charge on any atom is -0.461 e. The minimum atomic E-state index is -1.06. The van der Waals surface area contributed by atoms with E-state index in [1.807, 2.05) is 0 Å². The predicted octanol–water partition coefficient (Wildman–Crippen LogP) is 6.69. The van der Waals surface area contributed by atoms with Gasteiger partial charge in [0.05, 0.1) is 85.3 Å². The highest BCUT2D eigenvalue weighted by atomic mass is 16.6. The standard InChI is InChI=1S/C49H37N11O15/c1-5-73-47(64)40-36(24-54(50-40)29-12-18-33(19-13-29)58(67)68)44(61)28-8-10-32(11-9-28)57-27(4)39(45(62)37-25-55(51-41(37)48(65)74-6-2)30-14-20-34(21-15-30)59(69)70)43(53-57)46(63)38-26-56(52-42(38)49(66)75-7-3)31-16-22-35(23-17-31)60(71)72/h8-26H,5-7H2,1-4H3. The van der Waals surface area contributed by atoms with Crippen LogP contribution in [0.1, 0.15) is 106 Å². The number of rotatable bonds is 19. The van der Waals surface area contributed by atoms with Crippen molar-refractivity contribution >= 4 is 52.3 Å². The summed E-state index contributed by atoms with van der Waals surface area (Å²) < 4.78 is 20.2. The van der Waals surface area contributed by atoms with E-state index in [-0.39, 0.29) is 82.1 Å². The Kier molecular flexibility index (Phi) is 14.2. The maximum atomic E-state index is 15.2. The second-order valence-corrected chi connectivity index (χ2v) is 15.7. The van der Waals surface area contributed by atoms with E-state index in [0.29, 0.717) is 0 Å². The van der Waals surface area contributed by atoms with Crippen LogP contribution in [0.4, 0.5) is 17.1 Å². The van der Waals surface area contributed by atoms with Crippen LogP contribution in [0.25, 0.3) is 22.7 Å². The Morgan fingerprint density at radius 2 is 0.760 bits per heavy atom. The van der Waals surface area contributed by atoms with Crippen LogP contribution in [0, 0.1) is 37.3 Å². The van der Waals surface area contributed by atoms with Gasteiger partial charge in [0.25, 0.3) is 17.1 Å². The number of nitro groups is 3. The summed E-state index contributed by atoms with van der Waals surface area (Å²) in [5.74, 6) is -5.77. The Balaban J connectivity index is 1.26. The van der Waals surface area contributed by atoms with Gasteiger partial charge in [-0.25, -0.2) is 33.1 Å². The molecule has 0 unspecified atom stereocenters. The summed E-state index contributed by atoms with van der Waals surface area (Å²) in [5.41, 5.74) is -3.30. The number of hydrogen-bond donors (Lipinski definition) is 0. The molecule has 0 aliphatic carbocycles. The molecule has 0 radical (unpaired) electrons. The summed E-state index contributed by atoms with van der Waals surface area (Å²) in [6, 6.07) is 20.7. The zero-order chi connectivity index (χ0) is 53.8. The van der Waals surface area contributed by atoms with E-state index in [0.717, 1.165) is 21.8 Å². The molecule has 378 valence electrons. The van der Waals surface area contributed by atoms with Gasteiger partial charge < -0.3 is 14.2 Å². The number of ether oxygens (including phenoxy) is 3. The SMILES string of the molecule is CCOC(=O)c1nn(-c2ccc([N+](=O)[O-])cc2)cc1C(=O)c1ccc(-n2nc(C(=O)c3cn(-c4ccc([N+](=O)[O-])cc4)nc3C(=O)OCC)c(C(=O)c3cn(-c4ccc([N+](=O)[O-])cc4)nc3C(=O)OCC)c2C)cc1. The lowest BCUT2D eigenvalue weighted by Crippen LogP contribution is -2.16. The molecule has 0 aliphatic rings. The van der Waals surface area contributed by atoms with Crippen LogP contribution in [-0.2, 0) is 14.2 Å². The molecule has 8 aromatic rings. The maximum Gasteiger partial charge on any atom is 0.359 e. The van der Waals surface area contributed by atoms with E-state index < -0.39 is 83.8 Å². The normalized spacial score (nSPS) is 10.9. The maximum absolute atomic E-state index is 15.2. The quantitative estimate of drug-likeness (QED) is 0.0268. The fraction of sp³-hybridized carbons (Fsp3) is 0.143. The Bertz CT molecular complexity index is 3630. The van der Waals surface area contributed by atoms with Crippen LogP contribution in [-0.4, -0.2) is 109 Å². The third kappa shape index (κ3) is 10.0. The Morgan fingerprint density at radius 3 is 1.09 bits per heavy atom. The molecule has 0 saturated carbocycles. The fourth-order valence-electron chi connectivity index (χ4n) is 7.61. The number of benzene rings is 4. The molecule has 0 fully saturated rings. The molecule has 0 saturated heterocycles. The van der Waals surface area contributed by atoms with Gasteiger partial charge in [-0.3, -0.25) is 44.7 Å². The zero-order valence-corrected chi connectivity index (χ0v) is 39.6. The number of nitrogens with zero attached hydrogens (tertiary/aromatic N) is 11. The first-order chi connectivity index (χ1) is 35.9. The van der Waals surface area contributed by atoms with E-state index in [4.69, 9.17) is 14.2 Å². The van der Waals surface area contributed by atoms with Crippen molar-refractivity contribution < 1.29 is 57.7 Å². The minimum absolute atomic E-state index is 0.0143. The van der Waals surface area contributed by atoms with Crippen LogP contribution in [0.5, 0.6) is 0 Å². The number of esters is 3. The molecule has 0 aliphatic heterocycles. The van der Waals surface area contributed by atoms with Crippen LogP contribution >= 0.6 is 0 Å². The summed E-state index contributed by atoms with van der Waals surface area (Å²) in [4.78, 5) is 117. The molecular formula is C49H37N11O15. The van der Waals surface area contributed by atoms with Crippen molar-refractivity contribution in [3.8, 4) is 22.7 Å². The van der Waals surface area contributed by atoms with Gasteiger partial charge in [0.2, 0.25) is 11.6 Å². The average molecular weight is 1020 g/mol. The van der Waals surface area contributed by atoms with Gasteiger partial charge in [-0.05, 0) is 88.4 Å². The fourth-order valence-corrected chi connectivity index (χ4v) is 7.61. The summed E-state index contributed by atoms with van der Waals surface area (Å²) in [5, 5.41) is 51.5. The van der Waals surface area contributed by atoms with Gasteiger partial charge in [-0.2, -0.15) is 20.4 Å². The van der Waals surface area contributed by atoms with Crippen LogP contribution in [0.3, 0.4) is 0 Å². The molecule has 8 rings (SSSR count). The highest BCUT2D eigenvalue weighted by molar-refractivity contribution is 6.22. The van der Waals surface area contributed by atoms with E-state index in [1.54, 1.807) is 6.92 Å². The summed E-state index contributed by atoms with van der Waals surface area (Å²) in [6.07, 6.45) is 3.57. The Labute approximate surface area is 420 Å². The van der Waals surface area contributed by atoms with Crippen molar-refractivity contribution in [3.05, 3.63) is 202 Å². The van der Waals surface area contributed by atoms with Gasteiger partial charge in [0.15, 0.2) is 22.9 Å². The van der Waals surface area contributed by atoms with Crippen LogP contribution in [0.15, 0.2) is 116 Å². The number of carbonyl (C=O) groups excluding carboxylic acids is 6. The highest BCUT2D eigenvalue weighted by Crippen LogP contribution is 2.30. The van der Waals surface area contributed by atoms with Gasteiger partial charge in [0.1, 0.15) is 5.69 Å². The first kappa shape index (κ1) is 50.7. The zero-order valence-electron chi connectivity index (χ0n) is 39.6. The topological polar surface area (TPSA) is 331 Å². The van der Waals surface area contributed by atoms with Crippen molar-refractivity contribution in [3.63, 3.8) is 0 Å². The lowest BCUT2D eigenvalue weighted by molar-refractivity contribution is -0.385. The average Bonchev–Trinajstić information content (AvgIpc) is 4.24. The summed E-state index contributed by atoms with van der Waals surface area (Å²) in [6.45, 7) is 5.67. The smallest absolute Gasteiger partial charge is 0.359 e. The first-order valence-corrected chi connectivity index (χ1v) is 22.3. The first-order valence-electron chi connectivity index (χ1n) is 22.3. The monoisotopic (exact) mass is 1020 g/mol. The molecule has 75 heavy (non-hydrogen) atoms. The van der Waals surface area contributed by atoms with E-state index in [1.165, 1.54) is 133 Å². The lowest BCUT2D eigenvalue weighted by Gasteiger charge is -2.07. The molecule has 0 atom stereocenters. The Morgan fingerprint density at radius 1 is 0.440 bits per heavy atom. The molecule has 4 aromatic heterocycles. The Hall–Kier alpha value is -10.7. The number of aromatic nitrogens is 8. The van der Waals surface area contributed by atoms with Crippen molar-refractivity contribution in [1.29, 1.82) is 0 Å². The summed E-state index contributed by atoms with van der Waals surface area (Å²) >= 11 is 0. The van der Waals surface area contributed by atoms with Crippen molar-refractivity contribution in [2.45, 2.75) is 27.7 Å². The molecule has 0 spiro atoms. The summed E-state index contributed by atoms with van der Waals surface area (Å²) in [7, 11) is 0. The van der Waals surface area contributed by atoms with Crippen molar-refractivity contribution in [2.24, 2.45) is 0 Å². The molecule has 0 amide bonds. The number of ketones is 3. The van der Waals surface area contributed by atoms with Gasteiger partial charge in [-0.1, -0.05) is 0 Å². The molecule has 4 aromatic carbocycles. The van der Waals surface area contributed by atoms with Gasteiger partial charge in [-0.15, -0.1) is 0 Å². The molecule has 4 heterocycles. The van der Waals surface area contributed by atoms with E-state index in [9.17, 15) is 49.5 Å². The number of nitro benzene ring substituents is 3. The van der Waals surface area contributed by atoms with Crippen LogP contribution < -0.4 is 0 Å². The number of carbonyl (C=O) groups is 6. The molecule has 0 bridgehead atoms. The predicted molar refractivity (Wildman–Crippen MR) is 257 cm³/mol. The second-order valence-electron chi connectivity index (χ2n) is 15.7. The van der Waals surface area contributed by atoms with Crippen molar-refractivity contribution in [2.75, 3.05) is 19.8 Å². The van der Waals surface area contributed by atoms with Crippen LogP contribution in [0.2, 0.25) is 0 Å². The van der Waals surface area contributed by atoms with Gasteiger partial charge in [0, 0.05) is 60.6 Å². The third-order valence-electron chi connectivity index (χ3n) is 11.2. The van der Waals surface area contributed by atoms with E-state index in [2.05, 4.69) is 20.4 Å². The third-order valence-corrected chi connectivity index (χ3v) is 11.2. The molecule has 0 N–H and O–H groups in total. The highest BCUT2D eigenvalue weighted by Gasteiger charge is 2.36. The number of non-ortho nitro benzene ring substituents is 3. The molecule has 26 nitrogen and oxygen atoms in total. The van der Waals surface area contributed by atoms with Gasteiger partial charge >= 0.3 is 17.9 Å². The van der Waals surface area contributed by atoms with E-state index >= 15 is 9.59 Å². The molecular weight excluding hydrogens is 983 g/mol.